The molecule has 0 bridgehead atoms. The van der Waals surface area contributed by atoms with E-state index in [2.05, 4.69) is 229 Å². The second-order valence-electron chi connectivity index (χ2n) is 35.3. The molecule has 0 spiro atoms. The maximum Gasteiger partial charge on any atom is 0.238 e. The number of benzene rings is 10. The van der Waals surface area contributed by atoms with Crippen LogP contribution in [-0.4, -0.2) is 61.9 Å². The molecule has 16 aromatic rings. The first-order valence-electron chi connectivity index (χ1n) is 46.9. The van der Waals surface area contributed by atoms with Crippen molar-refractivity contribution in [2.45, 2.75) is 197 Å². The van der Waals surface area contributed by atoms with Crippen LogP contribution in [0.15, 0.2) is 328 Å². The summed E-state index contributed by atoms with van der Waals surface area (Å²) in [7, 11) is 1.64. The molecule has 139 heavy (non-hydrogen) atoms. The third kappa shape index (κ3) is 37.7. The number of para-hydroxylation sites is 2. The Hall–Kier alpha value is -15.4. The van der Waals surface area contributed by atoms with Crippen molar-refractivity contribution in [3.8, 4) is 81.6 Å². The number of halogens is 3. The molecule has 0 aliphatic heterocycles. The van der Waals surface area contributed by atoms with Crippen molar-refractivity contribution in [2.75, 3.05) is 7.11 Å². The van der Waals surface area contributed by atoms with Crippen molar-refractivity contribution in [1.82, 2.24) is 54.8 Å². The molecule has 6 aromatic heterocycles. The highest BCUT2D eigenvalue weighted by molar-refractivity contribution is 5.40. The number of ether oxygens (including phenoxy) is 7. The summed E-state index contributed by atoms with van der Waals surface area (Å²) in [6.45, 7) is 35.4. The number of methoxy groups -OCH3 is 1. The summed E-state index contributed by atoms with van der Waals surface area (Å²) >= 11 is 0. The Kier molecular flexibility index (Phi) is 41.8. The first-order valence-corrected chi connectivity index (χ1v) is 46.9. The van der Waals surface area contributed by atoms with Gasteiger partial charge < -0.3 is 33.2 Å². The van der Waals surface area contributed by atoms with Gasteiger partial charge in [0.2, 0.25) is 35.3 Å². The summed E-state index contributed by atoms with van der Waals surface area (Å²) in [6, 6.07) is 98.1. The van der Waals surface area contributed by atoms with Crippen LogP contribution in [0, 0.1) is 35.7 Å². The van der Waals surface area contributed by atoms with Gasteiger partial charge in [0, 0.05) is 103 Å². The SMILES string of the molecule is CC(C)c1cccc(Cc2ccccc2)c1.CC(C)c1cccc(Oc2ccccc2)c1.CC(C)c1cccc(Oc2ccccn2)c1.CC(C)c1cncc(Oc2cccc(F)c2)n1.CC(C)c1nc(C#N)cc(Oc2cccc(F)c2)n1.CC(C)c1nc(Oc2cccc(F)c2)cc(C2CC2)n1.COc1cc(Cc2ccccc2)nc(C(C)C)n1.Cc1cc(Oc2ccccc2)nc(C(C)C)n1. The summed E-state index contributed by atoms with van der Waals surface area (Å²) in [4.78, 5) is 47.5. The predicted octanol–water partition coefficient (Wildman–Crippen LogP) is 31.2. The minimum absolute atomic E-state index is 0.0724. The summed E-state index contributed by atoms with van der Waals surface area (Å²) < 4.78 is 78.1. The van der Waals surface area contributed by atoms with E-state index in [0.29, 0.717) is 88.0 Å². The zero-order valence-corrected chi connectivity index (χ0v) is 82.6. The molecule has 22 heteroatoms. The summed E-state index contributed by atoms with van der Waals surface area (Å²) in [6.07, 6.45) is 9.12. The third-order valence-electron chi connectivity index (χ3n) is 20.7. The number of rotatable bonds is 26. The van der Waals surface area contributed by atoms with E-state index in [0.717, 1.165) is 76.1 Å². The highest BCUT2D eigenvalue weighted by Crippen LogP contribution is 2.41. The van der Waals surface area contributed by atoms with Crippen molar-refractivity contribution in [2.24, 2.45) is 0 Å². The molecule has 716 valence electrons. The minimum Gasteiger partial charge on any atom is -0.481 e. The van der Waals surface area contributed by atoms with Crippen LogP contribution in [-0.2, 0) is 12.8 Å². The van der Waals surface area contributed by atoms with Crippen LogP contribution in [0.25, 0.3) is 0 Å². The maximum atomic E-state index is 13.2. The number of pyridine rings is 1. The van der Waals surface area contributed by atoms with Crippen molar-refractivity contribution < 1.29 is 46.3 Å². The van der Waals surface area contributed by atoms with Gasteiger partial charge in [-0.15, -0.1) is 0 Å². The topological polar surface area (TPSA) is 230 Å². The second-order valence-corrected chi connectivity index (χ2v) is 35.3. The molecule has 0 atom stereocenters. The Morgan fingerprint density at radius 3 is 1.17 bits per heavy atom. The molecular formula is C117H125F3N12O7. The van der Waals surface area contributed by atoms with Crippen LogP contribution < -0.4 is 33.2 Å². The Labute approximate surface area is 817 Å². The van der Waals surface area contributed by atoms with E-state index in [-0.39, 0.29) is 41.0 Å². The van der Waals surface area contributed by atoms with Crippen molar-refractivity contribution >= 4 is 0 Å². The average Bonchev–Trinajstić information content (AvgIpc) is 1.69. The number of aryl methyl sites for hydroxylation is 1. The lowest BCUT2D eigenvalue weighted by molar-refractivity contribution is 0.393. The average molecular weight is 1870 g/mol. The van der Waals surface area contributed by atoms with Gasteiger partial charge >= 0.3 is 0 Å². The summed E-state index contributed by atoms with van der Waals surface area (Å²) in [5.74, 6) is 12.9. The number of hydrogen-bond donors (Lipinski definition) is 0. The third-order valence-corrected chi connectivity index (χ3v) is 20.7. The fourth-order valence-electron chi connectivity index (χ4n) is 13.0. The fourth-order valence-corrected chi connectivity index (χ4v) is 13.0. The lowest BCUT2D eigenvalue weighted by Gasteiger charge is -2.10. The van der Waals surface area contributed by atoms with Gasteiger partial charge in [0.05, 0.1) is 30.4 Å². The zero-order chi connectivity index (χ0) is 99.5. The van der Waals surface area contributed by atoms with Gasteiger partial charge in [0.1, 0.15) is 92.8 Å². The zero-order valence-electron chi connectivity index (χ0n) is 82.6. The van der Waals surface area contributed by atoms with Crippen molar-refractivity contribution in [1.29, 1.82) is 5.26 Å². The van der Waals surface area contributed by atoms with Gasteiger partial charge in [-0.3, -0.25) is 4.98 Å². The summed E-state index contributed by atoms with van der Waals surface area (Å²) in [5, 5.41) is 8.92. The molecule has 1 aliphatic rings. The number of aromatic nitrogens is 11. The van der Waals surface area contributed by atoms with Gasteiger partial charge in [-0.2, -0.15) is 25.2 Å². The molecule has 6 heterocycles. The van der Waals surface area contributed by atoms with E-state index in [9.17, 15) is 13.2 Å². The van der Waals surface area contributed by atoms with E-state index in [4.69, 9.17) is 38.4 Å². The molecule has 0 amide bonds. The molecule has 1 aliphatic carbocycles. The Bertz CT molecular complexity index is 6220. The van der Waals surface area contributed by atoms with Crippen LogP contribution in [0.3, 0.4) is 0 Å². The fraction of sp³-hybridized carbons (Fsp3) is 0.265. The van der Waals surface area contributed by atoms with E-state index in [1.165, 1.54) is 94.9 Å². The molecule has 0 N–H and O–H groups in total. The second kappa shape index (κ2) is 55.0. The molecule has 0 saturated heterocycles. The first kappa shape index (κ1) is 106. The summed E-state index contributed by atoms with van der Waals surface area (Å²) in [5.41, 5.74) is 12.1. The van der Waals surface area contributed by atoms with Crippen LogP contribution in [0.5, 0.6) is 75.5 Å². The van der Waals surface area contributed by atoms with E-state index < -0.39 is 5.82 Å². The van der Waals surface area contributed by atoms with Gasteiger partial charge in [0.15, 0.2) is 0 Å². The standard InChI is InChI=1S/C16H17FN2O.C16H18.C15H18N2O.C15H16O.C14H12FN3O.C14H16N2O.C14H15NO.C13H13FN2O/c1-10(2)16-18-14(11-6-7-11)9-15(19-16)20-13-5-3-4-12(17)8-13;1-13(2)16-10-6-9-15(12-16)11-14-7-4-3-5-8-14;1-11(2)15-16-13(10-14(17-15)18-3)9-12-7-5-4-6-8-12;1-12(2)13-7-6-10-15(11-13)16-14-8-4-3-5-9-14;1-9(2)14-17-11(8-16)7-13(18-14)19-12-5-3-4-10(15)6-12;1-10(2)14-15-11(3)9-13(16-14)17-12-7-5-4-6-8-12;1-11(2)12-6-5-7-13(10-12)16-14-8-3-4-9-15-14;1-9(2)12-7-15-8-13(16-12)17-11-5-3-4-10(14)6-11/h3-5,8-11H,6-7H2,1-2H3;3-10,12-13H,11H2,1-2H3;4-8,10-11H,9H2,1-3H3;3-12H,1-2H3;3-7,9H,1-2H3;4-10H,1-3H3;3-11H,1-2H3;3-9H,1-2H3. The van der Waals surface area contributed by atoms with Gasteiger partial charge in [0.25, 0.3) is 0 Å². The van der Waals surface area contributed by atoms with E-state index >= 15 is 0 Å². The Morgan fingerprint density at radius 1 is 0.309 bits per heavy atom. The van der Waals surface area contributed by atoms with Crippen LogP contribution in [0.1, 0.15) is 262 Å². The van der Waals surface area contributed by atoms with E-state index in [1.807, 2.05) is 180 Å². The number of nitrogens with zero attached hydrogens (tertiary/aromatic N) is 12. The molecule has 10 aromatic carbocycles. The van der Waals surface area contributed by atoms with Gasteiger partial charge in [-0.05, 0) is 174 Å². The smallest absolute Gasteiger partial charge is 0.238 e. The Morgan fingerprint density at radius 2 is 0.698 bits per heavy atom. The Balaban J connectivity index is 0.000000164. The van der Waals surface area contributed by atoms with Crippen molar-refractivity contribution in [3.63, 3.8) is 0 Å². The van der Waals surface area contributed by atoms with Crippen molar-refractivity contribution in [3.05, 3.63) is 431 Å². The molecule has 19 nitrogen and oxygen atoms in total. The van der Waals surface area contributed by atoms with Gasteiger partial charge in [-0.25, -0.2) is 43.1 Å². The monoisotopic (exact) mass is 1870 g/mol. The van der Waals surface area contributed by atoms with Crippen LogP contribution >= 0.6 is 0 Å². The van der Waals surface area contributed by atoms with Gasteiger partial charge in [-0.1, -0.05) is 281 Å². The van der Waals surface area contributed by atoms with E-state index in [1.54, 1.807) is 55.9 Å². The number of nitriles is 1. The normalized spacial score (nSPS) is 11.1. The minimum atomic E-state index is -0.392. The first-order chi connectivity index (χ1) is 66.9. The van der Waals surface area contributed by atoms with Crippen LogP contribution in [0.2, 0.25) is 0 Å². The predicted molar refractivity (Wildman–Crippen MR) is 545 cm³/mol. The largest absolute Gasteiger partial charge is 0.481 e. The quantitative estimate of drug-likeness (QED) is 0.0490. The molecule has 17 rings (SSSR count). The maximum absolute atomic E-state index is 13.2. The molecular weight excluding hydrogens is 1740 g/mol. The molecule has 0 unspecified atom stereocenters. The van der Waals surface area contributed by atoms with Crippen LogP contribution in [0.4, 0.5) is 13.2 Å². The molecule has 1 fully saturated rings. The highest BCUT2D eigenvalue weighted by Gasteiger charge is 2.27. The molecule has 0 radical (unpaired) electrons. The highest BCUT2D eigenvalue weighted by atomic mass is 19.1. The number of hydrogen-bond acceptors (Lipinski definition) is 19. The molecule has 1 saturated carbocycles. The lowest BCUT2D eigenvalue weighted by atomic mass is 9.98. The lowest BCUT2D eigenvalue weighted by Crippen LogP contribution is -2.04.